The van der Waals surface area contributed by atoms with E-state index in [1.165, 1.54) is 22.2 Å². The fourth-order valence-corrected chi connectivity index (χ4v) is 3.73. The van der Waals surface area contributed by atoms with Crippen LogP contribution >= 0.6 is 15.9 Å². The average molecular weight is 400 g/mol. The second-order valence-electron chi connectivity index (χ2n) is 6.65. The Hall–Kier alpha value is -1.98. The smallest absolute Gasteiger partial charge is 0.148 e. The number of pyridine rings is 1. The molecule has 0 bridgehead atoms. The van der Waals surface area contributed by atoms with E-state index in [0.717, 1.165) is 25.0 Å². The van der Waals surface area contributed by atoms with Crippen LogP contribution in [0.5, 0.6) is 0 Å². The summed E-state index contributed by atoms with van der Waals surface area (Å²) in [6.45, 7) is 3.98. The Morgan fingerprint density at radius 3 is 2.88 bits per heavy atom. The number of hydrogen-bond acceptors (Lipinski definition) is 2. The first-order valence-electron chi connectivity index (χ1n) is 8.33. The van der Waals surface area contributed by atoms with Gasteiger partial charge in [0.2, 0.25) is 0 Å². The van der Waals surface area contributed by atoms with Crippen LogP contribution in [0.1, 0.15) is 22.4 Å². The van der Waals surface area contributed by atoms with Crippen LogP contribution < -0.4 is 0 Å². The van der Waals surface area contributed by atoms with Crippen LogP contribution in [-0.4, -0.2) is 28.0 Å². The number of halogens is 2. The average Bonchev–Trinajstić information content (AvgIpc) is 2.88. The number of likely N-dealkylation sites (N-methyl/N-ethyl adjacent to an activating group) is 1. The van der Waals surface area contributed by atoms with Gasteiger partial charge in [0.15, 0.2) is 0 Å². The Labute approximate surface area is 154 Å². The minimum absolute atomic E-state index is 0.279. The van der Waals surface area contributed by atoms with Crippen molar-refractivity contribution in [3.8, 4) is 0 Å². The molecule has 0 spiro atoms. The maximum Gasteiger partial charge on any atom is 0.148 e. The predicted octanol–water partition coefficient (Wildman–Crippen LogP) is 5.02. The standard InChI is InChI=1S/C20H19BrFN3/c1-13-3-5-18-15(9-13)16-11-24(2)8-7-19(16)25(18)12-17(22)14-4-6-20(21)23-10-14/h3-6,9-10,12H,7-8,11H2,1-2H3. The third-order valence-corrected chi connectivity index (χ3v) is 5.25. The fraction of sp³-hybridized carbons (Fsp3) is 0.250. The molecule has 0 radical (unpaired) electrons. The van der Waals surface area contributed by atoms with Crippen LogP contribution in [0.3, 0.4) is 0 Å². The predicted molar refractivity (Wildman–Crippen MR) is 104 cm³/mol. The molecule has 2 aromatic heterocycles. The van der Waals surface area contributed by atoms with Gasteiger partial charge < -0.3 is 9.47 Å². The number of aromatic nitrogens is 2. The van der Waals surface area contributed by atoms with E-state index in [1.54, 1.807) is 24.5 Å². The normalized spacial score (nSPS) is 15.6. The Bertz CT molecular complexity index is 973. The van der Waals surface area contributed by atoms with Crippen molar-refractivity contribution in [2.45, 2.75) is 19.9 Å². The lowest BCUT2D eigenvalue weighted by molar-refractivity contribution is 0.312. The van der Waals surface area contributed by atoms with Gasteiger partial charge in [-0.3, -0.25) is 0 Å². The summed E-state index contributed by atoms with van der Waals surface area (Å²) in [5.74, 6) is -0.279. The van der Waals surface area contributed by atoms with E-state index in [1.807, 2.05) is 4.57 Å². The number of aryl methyl sites for hydroxylation is 1. The van der Waals surface area contributed by atoms with Gasteiger partial charge in [0, 0.05) is 48.6 Å². The molecule has 128 valence electrons. The summed E-state index contributed by atoms with van der Waals surface area (Å²) in [4.78, 5) is 6.43. The zero-order chi connectivity index (χ0) is 17.6. The van der Waals surface area contributed by atoms with Crippen molar-refractivity contribution in [2.24, 2.45) is 0 Å². The molecule has 25 heavy (non-hydrogen) atoms. The molecular formula is C20H19BrFN3. The maximum atomic E-state index is 14.9. The molecule has 3 heterocycles. The number of benzene rings is 1. The van der Waals surface area contributed by atoms with Crippen molar-refractivity contribution in [1.29, 1.82) is 0 Å². The highest BCUT2D eigenvalue weighted by atomic mass is 79.9. The summed E-state index contributed by atoms with van der Waals surface area (Å²) in [6, 6.07) is 9.87. The summed E-state index contributed by atoms with van der Waals surface area (Å²) in [5, 5.41) is 1.22. The molecule has 3 nitrogen and oxygen atoms in total. The third-order valence-electron chi connectivity index (χ3n) is 4.78. The molecule has 1 aromatic carbocycles. The second kappa shape index (κ2) is 6.39. The Balaban J connectivity index is 1.89. The zero-order valence-electron chi connectivity index (χ0n) is 14.3. The highest BCUT2D eigenvalue weighted by Gasteiger charge is 2.22. The van der Waals surface area contributed by atoms with Gasteiger partial charge in [-0.15, -0.1) is 0 Å². The van der Waals surface area contributed by atoms with Gasteiger partial charge in [0.25, 0.3) is 0 Å². The van der Waals surface area contributed by atoms with Gasteiger partial charge >= 0.3 is 0 Å². The lowest BCUT2D eigenvalue weighted by Gasteiger charge is -2.23. The van der Waals surface area contributed by atoms with Gasteiger partial charge in [-0.1, -0.05) is 11.6 Å². The van der Waals surface area contributed by atoms with Gasteiger partial charge in [0.05, 0.1) is 5.52 Å². The molecule has 1 aliphatic heterocycles. The number of fused-ring (bicyclic) bond motifs is 3. The van der Waals surface area contributed by atoms with Gasteiger partial charge in [0.1, 0.15) is 10.4 Å². The van der Waals surface area contributed by atoms with Gasteiger partial charge in [-0.2, -0.15) is 0 Å². The Morgan fingerprint density at radius 1 is 1.28 bits per heavy atom. The number of nitrogens with zero attached hydrogens (tertiary/aromatic N) is 3. The number of hydrogen-bond donors (Lipinski definition) is 0. The van der Waals surface area contributed by atoms with Crippen molar-refractivity contribution in [3.63, 3.8) is 0 Å². The molecule has 0 aliphatic carbocycles. The maximum absolute atomic E-state index is 14.9. The fourth-order valence-electron chi connectivity index (χ4n) is 3.49. The van der Waals surface area contributed by atoms with E-state index in [-0.39, 0.29) is 5.83 Å². The van der Waals surface area contributed by atoms with Crippen LogP contribution in [0.25, 0.3) is 22.9 Å². The minimum Gasteiger partial charge on any atom is -0.317 e. The zero-order valence-corrected chi connectivity index (χ0v) is 15.8. The summed E-state index contributed by atoms with van der Waals surface area (Å²) in [7, 11) is 2.13. The largest absolute Gasteiger partial charge is 0.317 e. The lowest BCUT2D eigenvalue weighted by Crippen LogP contribution is -2.26. The van der Waals surface area contributed by atoms with Crippen LogP contribution in [0.15, 0.2) is 41.1 Å². The van der Waals surface area contributed by atoms with E-state index in [4.69, 9.17) is 0 Å². The van der Waals surface area contributed by atoms with Gasteiger partial charge in [-0.25, -0.2) is 9.37 Å². The van der Waals surface area contributed by atoms with Crippen molar-refractivity contribution < 1.29 is 4.39 Å². The summed E-state index contributed by atoms with van der Waals surface area (Å²) in [6.07, 6.45) is 4.07. The highest BCUT2D eigenvalue weighted by Crippen LogP contribution is 2.33. The van der Waals surface area contributed by atoms with E-state index < -0.39 is 0 Å². The highest BCUT2D eigenvalue weighted by molar-refractivity contribution is 9.10. The molecule has 5 heteroatoms. The second-order valence-corrected chi connectivity index (χ2v) is 7.46. The SMILES string of the molecule is Cc1ccc2c(c1)c1c(n2C=C(F)c2ccc(Br)nc2)CCN(C)C1. The van der Waals surface area contributed by atoms with Crippen molar-refractivity contribution >= 4 is 38.9 Å². The molecule has 0 unspecified atom stereocenters. The third kappa shape index (κ3) is 3.02. The molecule has 4 rings (SSSR count). The molecule has 3 aromatic rings. The van der Waals surface area contributed by atoms with Crippen LogP contribution in [-0.2, 0) is 13.0 Å². The molecule has 0 saturated carbocycles. The Kier molecular flexibility index (Phi) is 4.21. The first kappa shape index (κ1) is 16.5. The van der Waals surface area contributed by atoms with E-state index in [9.17, 15) is 4.39 Å². The summed E-state index contributed by atoms with van der Waals surface area (Å²) < 4.78 is 17.6. The van der Waals surface area contributed by atoms with E-state index in [2.05, 4.69) is 58.0 Å². The topological polar surface area (TPSA) is 21.1 Å². The molecule has 0 atom stereocenters. The van der Waals surface area contributed by atoms with Crippen molar-refractivity contribution in [3.05, 3.63) is 63.5 Å². The quantitative estimate of drug-likeness (QED) is 0.564. The monoisotopic (exact) mass is 399 g/mol. The van der Waals surface area contributed by atoms with E-state index >= 15 is 0 Å². The molecule has 0 saturated heterocycles. The van der Waals surface area contributed by atoms with Crippen molar-refractivity contribution in [2.75, 3.05) is 13.6 Å². The molecule has 1 aliphatic rings. The van der Waals surface area contributed by atoms with Crippen LogP contribution in [0, 0.1) is 6.92 Å². The summed E-state index contributed by atoms with van der Waals surface area (Å²) >= 11 is 3.29. The van der Waals surface area contributed by atoms with Crippen molar-refractivity contribution in [1.82, 2.24) is 14.5 Å². The van der Waals surface area contributed by atoms with Crippen LogP contribution in [0.2, 0.25) is 0 Å². The van der Waals surface area contributed by atoms with Crippen LogP contribution in [0.4, 0.5) is 4.39 Å². The molecular weight excluding hydrogens is 381 g/mol. The Morgan fingerprint density at radius 2 is 2.12 bits per heavy atom. The minimum atomic E-state index is -0.279. The first-order valence-corrected chi connectivity index (χ1v) is 9.12. The number of rotatable bonds is 2. The molecule has 0 amide bonds. The lowest BCUT2D eigenvalue weighted by atomic mass is 10.0. The van der Waals surface area contributed by atoms with Gasteiger partial charge in [-0.05, 0) is 59.7 Å². The first-order chi connectivity index (χ1) is 12.0. The summed E-state index contributed by atoms with van der Waals surface area (Å²) in [5.41, 5.74) is 5.29. The molecule has 0 N–H and O–H groups in total. The molecule has 0 fully saturated rings. The van der Waals surface area contributed by atoms with E-state index in [0.29, 0.717) is 10.2 Å².